The Bertz CT molecular complexity index is 2340. The summed E-state index contributed by atoms with van der Waals surface area (Å²) in [7, 11) is 0. The fourth-order valence-corrected chi connectivity index (χ4v) is 9.67. The number of hydrogen-bond donors (Lipinski definition) is 7. The second-order valence-electron chi connectivity index (χ2n) is 12.0. The number of aromatic nitrogens is 2. The Hall–Kier alpha value is -6.58. The summed E-state index contributed by atoms with van der Waals surface area (Å²) in [6, 6.07) is -2.33. The quantitative estimate of drug-likeness (QED) is 0.0580. The summed E-state index contributed by atoms with van der Waals surface area (Å²) < 4.78 is 0. The number of carbonyl (C=O) groups is 8. The number of allylic oxidation sites excluding steroid dienone is 2. The number of aliphatic carboxylic acids is 3. The van der Waals surface area contributed by atoms with Crippen LogP contribution in [0.2, 0.25) is 0 Å². The van der Waals surface area contributed by atoms with Crippen LogP contribution in [0.25, 0.3) is 0 Å². The number of nitrogens with zero attached hydrogens (tertiary/aromatic N) is 6. The highest BCUT2D eigenvalue weighted by molar-refractivity contribution is 8.00. The first-order valence-electron chi connectivity index (χ1n) is 16.4. The molecule has 6 heterocycles. The second kappa shape index (κ2) is 17.5. The molecule has 5 amide bonds. The van der Waals surface area contributed by atoms with E-state index in [-0.39, 0.29) is 44.6 Å². The van der Waals surface area contributed by atoms with E-state index in [9.17, 15) is 48.6 Å². The Kier molecular flexibility index (Phi) is 12.5. The molecule has 0 aromatic carbocycles. The van der Waals surface area contributed by atoms with Gasteiger partial charge in [0.05, 0.1) is 0 Å². The number of nitrogens with one attached hydrogen (secondary N) is 3. The molecule has 27 heteroatoms. The molecule has 4 aliphatic heterocycles. The minimum absolute atomic E-state index is 0.0520. The van der Waals surface area contributed by atoms with E-state index >= 15 is 0 Å². The molecular formula is C32H28N10O13S4. The molecule has 0 spiro atoms. The number of rotatable bonds is 17. The lowest BCUT2D eigenvalue weighted by Gasteiger charge is -2.49. The number of hydrogen-bond acceptors (Lipinski definition) is 19. The number of fused-ring (bicyclic) bond motifs is 2. The number of carboxylic acids is 3. The monoisotopic (exact) mass is 888 g/mol. The number of carboxylic acid groups (broad SMARTS) is 3. The van der Waals surface area contributed by atoms with Gasteiger partial charge in [0, 0.05) is 22.3 Å². The Morgan fingerprint density at radius 1 is 0.797 bits per heavy atom. The normalized spacial score (nSPS) is 21.3. The Morgan fingerprint density at radius 2 is 1.27 bits per heavy atom. The van der Waals surface area contributed by atoms with Gasteiger partial charge in [0.25, 0.3) is 29.5 Å². The Balaban J connectivity index is 1.10. The Labute approximate surface area is 346 Å². The van der Waals surface area contributed by atoms with Crippen LogP contribution >= 0.6 is 46.2 Å². The predicted octanol–water partition coefficient (Wildman–Crippen LogP) is -0.804. The van der Waals surface area contributed by atoms with Gasteiger partial charge in [-0.05, 0) is 11.1 Å². The van der Waals surface area contributed by atoms with Crippen LogP contribution in [0, 0.1) is 0 Å². The zero-order valence-corrected chi connectivity index (χ0v) is 32.9. The van der Waals surface area contributed by atoms with Gasteiger partial charge < -0.3 is 41.4 Å². The number of oxime groups is 2. The molecule has 6 rings (SSSR count). The summed E-state index contributed by atoms with van der Waals surface area (Å²) in [4.78, 5) is 120. The minimum atomic E-state index is -1.42. The van der Waals surface area contributed by atoms with Crippen LogP contribution in [0.4, 0.5) is 10.3 Å². The first kappa shape index (κ1) is 42.0. The van der Waals surface area contributed by atoms with Crippen molar-refractivity contribution in [1.82, 2.24) is 30.4 Å². The van der Waals surface area contributed by atoms with Gasteiger partial charge in [0.1, 0.15) is 45.6 Å². The molecule has 0 radical (unpaired) electrons. The van der Waals surface area contributed by atoms with Crippen molar-refractivity contribution in [3.05, 3.63) is 70.0 Å². The first-order chi connectivity index (χ1) is 28.1. The largest absolute Gasteiger partial charge is 0.479 e. The molecular weight excluding hydrogens is 861 g/mol. The van der Waals surface area contributed by atoms with Gasteiger partial charge in [0.15, 0.2) is 28.3 Å². The lowest BCUT2D eigenvalue weighted by molar-refractivity contribution is -0.150. The Morgan fingerprint density at radius 3 is 1.71 bits per heavy atom. The SMILES string of the molecule is C=CC1=C(C(=O)O)N2C(=O)[C@@H](NC(=O)/C(=N\OCC(=O)Nc3nc(/C(=N/OCC(=O)O)C(=O)N[C@@H]4C(=O)N5C(C(=O)O)=C(C=C)CS[C@H]45)cs3)c3csc(N)n3)[C@H]2SC1. The summed E-state index contributed by atoms with van der Waals surface area (Å²) in [5.41, 5.74) is 4.60. The highest BCUT2D eigenvalue weighted by Crippen LogP contribution is 2.42. The highest BCUT2D eigenvalue weighted by Gasteiger charge is 2.55. The molecule has 4 atom stereocenters. The summed E-state index contributed by atoms with van der Waals surface area (Å²) in [5, 5.41) is 44.1. The van der Waals surface area contributed by atoms with Crippen molar-refractivity contribution in [2.75, 3.05) is 35.8 Å². The van der Waals surface area contributed by atoms with Gasteiger partial charge >= 0.3 is 17.9 Å². The molecule has 0 aliphatic carbocycles. The van der Waals surface area contributed by atoms with Crippen molar-refractivity contribution in [2.24, 2.45) is 10.3 Å². The molecule has 23 nitrogen and oxygen atoms in total. The molecule has 0 unspecified atom stereocenters. The third-order valence-corrected chi connectivity index (χ3v) is 12.4. The van der Waals surface area contributed by atoms with Crippen LogP contribution in [0.15, 0.2) is 68.9 Å². The number of thiazole rings is 2. The predicted molar refractivity (Wildman–Crippen MR) is 210 cm³/mol. The smallest absolute Gasteiger partial charge is 0.352 e. The van der Waals surface area contributed by atoms with Crippen molar-refractivity contribution < 1.29 is 63.4 Å². The third-order valence-electron chi connectivity index (χ3n) is 8.35. The van der Waals surface area contributed by atoms with Crippen LogP contribution in [0.5, 0.6) is 0 Å². The molecule has 2 saturated heterocycles. The van der Waals surface area contributed by atoms with Crippen LogP contribution < -0.4 is 21.7 Å². The van der Waals surface area contributed by atoms with E-state index in [1.54, 1.807) is 0 Å². The molecule has 8 N–H and O–H groups in total. The number of thioether (sulfide) groups is 2. The summed E-state index contributed by atoms with van der Waals surface area (Å²) >= 11 is 4.16. The number of nitrogens with two attached hydrogens (primary N) is 1. The maximum Gasteiger partial charge on any atom is 0.352 e. The average molecular weight is 889 g/mol. The van der Waals surface area contributed by atoms with Crippen molar-refractivity contribution in [3.8, 4) is 0 Å². The maximum absolute atomic E-state index is 13.4. The number of nitrogen functional groups attached to an aromatic ring is 1. The molecule has 308 valence electrons. The van der Waals surface area contributed by atoms with E-state index in [2.05, 4.69) is 49.4 Å². The molecule has 59 heavy (non-hydrogen) atoms. The minimum Gasteiger partial charge on any atom is -0.479 e. The van der Waals surface area contributed by atoms with E-state index in [0.29, 0.717) is 11.1 Å². The van der Waals surface area contributed by atoms with Crippen LogP contribution in [0.1, 0.15) is 11.4 Å². The van der Waals surface area contributed by atoms with Crippen LogP contribution in [-0.2, 0) is 48.0 Å². The van der Waals surface area contributed by atoms with Gasteiger partial charge in [-0.15, -0.1) is 46.2 Å². The summed E-state index contributed by atoms with van der Waals surface area (Å²) in [5.74, 6) is -7.93. The van der Waals surface area contributed by atoms with Crippen molar-refractivity contribution >= 4 is 115 Å². The molecule has 0 saturated carbocycles. The van der Waals surface area contributed by atoms with Gasteiger partial charge in [-0.2, -0.15) is 0 Å². The van der Waals surface area contributed by atoms with E-state index < -0.39 is 94.9 Å². The zero-order chi connectivity index (χ0) is 42.7. The standard InChI is InChI=1S/C32H28N10O13S4/c1-3-11-7-56-27-19(25(48)41(27)21(11)29(50)51)37-23(46)17(13-9-58-31(33)34-13)39-54-5-15(43)36-32-35-14(10-59-32)18(40-55-6-16(44)45)24(47)38-20-26(49)42-22(30(52)53)12(4-2)8-57-28(20)42/h3-4,9-10,19-20,27-28H,1-2,5-8H2,(H2,33,34)(H,37,46)(H,38,47)(H,44,45)(H,50,51)(H,52,53)(H,35,36,43)/b39-17-,40-18-/t19-,20-,27-,28-/m1/s1. The topological polar surface area (TPSA) is 335 Å². The van der Waals surface area contributed by atoms with Crippen molar-refractivity contribution in [3.63, 3.8) is 0 Å². The zero-order valence-electron chi connectivity index (χ0n) is 29.7. The summed E-state index contributed by atoms with van der Waals surface area (Å²) in [6.07, 6.45) is 2.67. The maximum atomic E-state index is 13.4. The molecule has 2 aromatic heterocycles. The van der Waals surface area contributed by atoms with E-state index in [4.69, 9.17) is 20.5 Å². The van der Waals surface area contributed by atoms with Gasteiger partial charge in [-0.3, -0.25) is 39.1 Å². The number of amides is 5. The van der Waals surface area contributed by atoms with Crippen molar-refractivity contribution in [2.45, 2.75) is 22.8 Å². The molecule has 4 aliphatic rings. The lowest BCUT2D eigenvalue weighted by atomic mass is 10.0. The van der Waals surface area contributed by atoms with Crippen molar-refractivity contribution in [1.29, 1.82) is 0 Å². The molecule has 2 aromatic rings. The second-order valence-corrected chi connectivity index (χ2v) is 15.9. The van der Waals surface area contributed by atoms with Gasteiger partial charge in [-0.25, -0.2) is 24.4 Å². The fraction of sp³-hybridized carbons (Fsp3) is 0.250. The highest BCUT2D eigenvalue weighted by atomic mass is 32.2. The number of carbonyl (C=O) groups excluding carboxylic acids is 5. The van der Waals surface area contributed by atoms with E-state index in [0.717, 1.165) is 32.5 Å². The van der Waals surface area contributed by atoms with E-state index in [1.165, 1.54) is 46.4 Å². The first-order valence-corrected chi connectivity index (χ1v) is 20.3. The number of β-lactam (4-membered cyclic amide) rings is 2. The average Bonchev–Trinajstić information content (AvgIpc) is 3.85. The lowest BCUT2D eigenvalue weighted by Crippen LogP contribution is -2.71. The summed E-state index contributed by atoms with van der Waals surface area (Å²) in [6.45, 7) is 5.42. The van der Waals surface area contributed by atoms with Gasteiger partial charge in [-0.1, -0.05) is 35.6 Å². The third kappa shape index (κ3) is 8.52. The van der Waals surface area contributed by atoms with Crippen LogP contribution in [0.3, 0.4) is 0 Å². The van der Waals surface area contributed by atoms with E-state index in [1.807, 2.05) is 0 Å². The molecule has 2 fully saturated rings. The fourth-order valence-electron chi connectivity index (χ4n) is 5.73. The number of anilines is 2. The van der Waals surface area contributed by atoms with Gasteiger partial charge in [0.2, 0.25) is 6.61 Å². The van der Waals surface area contributed by atoms with Crippen LogP contribution in [-0.4, -0.2) is 142 Å². The molecule has 0 bridgehead atoms.